The Labute approximate surface area is 98.8 Å². The molecule has 2 aromatic carbocycles. The highest BCUT2D eigenvalue weighted by Gasteiger charge is 2.23. The second-order valence-electron chi connectivity index (χ2n) is 3.96. The van der Waals surface area contributed by atoms with Crippen molar-refractivity contribution in [1.29, 1.82) is 0 Å². The van der Waals surface area contributed by atoms with Crippen LogP contribution in [0.2, 0.25) is 0 Å². The van der Waals surface area contributed by atoms with Gasteiger partial charge in [0.15, 0.2) is 0 Å². The molecule has 0 aliphatic carbocycles. The van der Waals surface area contributed by atoms with Crippen LogP contribution < -0.4 is 11.5 Å². The van der Waals surface area contributed by atoms with E-state index < -0.39 is 18.1 Å². The summed E-state index contributed by atoms with van der Waals surface area (Å²) in [7, 11) is 0. The van der Waals surface area contributed by atoms with Gasteiger partial charge in [-0.1, -0.05) is 42.5 Å². The van der Waals surface area contributed by atoms with Crippen molar-refractivity contribution >= 4 is 16.7 Å². The highest BCUT2D eigenvalue weighted by Crippen LogP contribution is 2.24. The van der Waals surface area contributed by atoms with Gasteiger partial charge in [0.25, 0.3) is 0 Å². The van der Waals surface area contributed by atoms with E-state index in [1.807, 2.05) is 42.5 Å². The lowest BCUT2D eigenvalue weighted by Gasteiger charge is -2.18. The van der Waals surface area contributed by atoms with Crippen LogP contribution in [0.1, 0.15) is 11.6 Å². The van der Waals surface area contributed by atoms with E-state index in [9.17, 15) is 4.79 Å². The fourth-order valence-corrected chi connectivity index (χ4v) is 1.89. The SMILES string of the molecule is NC(C(=O)O)C(N)c1cccc2ccccc12. The molecule has 2 aromatic rings. The topological polar surface area (TPSA) is 89.3 Å². The van der Waals surface area contributed by atoms with E-state index in [4.69, 9.17) is 16.6 Å². The predicted octanol–water partition coefficient (Wildman–Crippen LogP) is 1.25. The van der Waals surface area contributed by atoms with Gasteiger partial charge in [0.05, 0.1) is 6.04 Å². The molecular weight excluding hydrogens is 216 g/mol. The minimum atomic E-state index is -1.10. The Morgan fingerprint density at radius 3 is 2.41 bits per heavy atom. The minimum Gasteiger partial charge on any atom is -0.480 e. The molecule has 0 saturated carbocycles. The molecule has 4 heteroatoms. The summed E-state index contributed by atoms with van der Waals surface area (Å²) in [5.41, 5.74) is 12.2. The number of carboxylic acid groups (broad SMARTS) is 1. The van der Waals surface area contributed by atoms with E-state index in [-0.39, 0.29) is 0 Å². The first kappa shape index (κ1) is 11.6. The van der Waals surface area contributed by atoms with Crippen molar-refractivity contribution in [3.8, 4) is 0 Å². The van der Waals surface area contributed by atoms with Crippen LogP contribution in [0.15, 0.2) is 42.5 Å². The molecule has 0 aliphatic heterocycles. The molecule has 0 radical (unpaired) electrons. The van der Waals surface area contributed by atoms with Crippen molar-refractivity contribution in [3.63, 3.8) is 0 Å². The number of aliphatic carboxylic acids is 1. The fraction of sp³-hybridized carbons (Fsp3) is 0.154. The molecule has 2 atom stereocenters. The maximum absolute atomic E-state index is 10.8. The van der Waals surface area contributed by atoms with E-state index in [0.717, 1.165) is 16.3 Å². The van der Waals surface area contributed by atoms with Crippen LogP contribution in [0.4, 0.5) is 0 Å². The maximum atomic E-state index is 10.8. The van der Waals surface area contributed by atoms with Crippen molar-refractivity contribution < 1.29 is 9.90 Å². The number of carboxylic acids is 1. The molecule has 0 aromatic heterocycles. The van der Waals surface area contributed by atoms with Gasteiger partial charge in [-0.2, -0.15) is 0 Å². The Hall–Kier alpha value is -1.91. The van der Waals surface area contributed by atoms with Gasteiger partial charge in [-0.15, -0.1) is 0 Å². The van der Waals surface area contributed by atoms with Gasteiger partial charge < -0.3 is 16.6 Å². The van der Waals surface area contributed by atoms with E-state index in [2.05, 4.69) is 0 Å². The molecule has 0 fully saturated rings. The zero-order valence-corrected chi connectivity index (χ0v) is 9.21. The lowest BCUT2D eigenvalue weighted by Crippen LogP contribution is -2.40. The first-order chi connectivity index (χ1) is 8.11. The van der Waals surface area contributed by atoms with Crippen molar-refractivity contribution in [2.24, 2.45) is 11.5 Å². The fourth-order valence-electron chi connectivity index (χ4n) is 1.89. The smallest absolute Gasteiger partial charge is 0.322 e. The number of carbonyl (C=O) groups is 1. The Morgan fingerprint density at radius 2 is 1.71 bits per heavy atom. The van der Waals surface area contributed by atoms with E-state index in [1.54, 1.807) is 0 Å². The molecule has 0 amide bonds. The Balaban J connectivity index is 2.52. The average molecular weight is 230 g/mol. The lowest BCUT2D eigenvalue weighted by atomic mass is 9.95. The molecule has 0 aliphatic rings. The molecule has 88 valence electrons. The number of hydrogen-bond donors (Lipinski definition) is 3. The predicted molar refractivity (Wildman–Crippen MR) is 66.5 cm³/mol. The molecule has 0 heterocycles. The zero-order valence-electron chi connectivity index (χ0n) is 9.21. The van der Waals surface area contributed by atoms with E-state index >= 15 is 0 Å². The van der Waals surface area contributed by atoms with Crippen LogP contribution in [0.5, 0.6) is 0 Å². The molecule has 4 nitrogen and oxygen atoms in total. The third-order valence-corrected chi connectivity index (χ3v) is 2.85. The number of rotatable bonds is 3. The second kappa shape index (κ2) is 4.53. The summed E-state index contributed by atoms with van der Waals surface area (Å²) in [6, 6.07) is 11.5. The van der Waals surface area contributed by atoms with Crippen LogP contribution in [-0.2, 0) is 4.79 Å². The van der Waals surface area contributed by atoms with Crippen LogP contribution in [0.25, 0.3) is 10.8 Å². The monoisotopic (exact) mass is 230 g/mol. The number of fused-ring (bicyclic) bond motifs is 1. The first-order valence-corrected chi connectivity index (χ1v) is 5.33. The summed E-state index contributed by atoms with van der Waals surface area (Å²) in [5.74, 6) is -1.09. The molecule has 5 N–H and O–H groups in total. The summed E-state index contributed by atoms with van der Waals surface area (Å²) >= 11 is 0. The molecular formula is C13H14N2O2. The minimum absolute atomic E-state index is 0.710. The third kappa shape index (κ3) is 2.13. The van der Waals surface area contributed by atoms with Gasteiger partial charge >= 0.3 is 5.97 Å². The quantitative estimate of drug-likeness (QED) is 0.740. The molecule has 2 rings (SSSR count). The Morgan fingerprint density at radius 1 is 1.06 bits per heavy atom. The van der Waals surface area contributed by atoms with Gasteiger partial charge in [-0.05, 0) is 16.3 Å². The summed E-state index contributed by atoms with van der Waals surface area (Å²) in [6.07, 6.45) is 0. The highest BCUT2D eigenvalue weighted by molar-refractivity contribution is 5.87. The van der Waals surface area contributed by atoms with Crippen molar-refractivity contribution in [2.75, 3.05) is 0 Å². The molecule has 17 heavy (non-hydrogen) atoms. The summed E-state index contributed by atoms with van der Waals surface area (Å²) in [6.45, 7) is 0. The molecule has 0 bridgehead atoms. The molecule has 2 unspecified atom stereocenters. The first-order valence-electron chi connectivity index (χ1n) is 5.33. The zero-order chi connectivity index (χ0) is 12.4. The van der Waals surface area contributed by atoms with Crippen molar-refractivity contribution in [2.45, 2.75) is 12.1 Å². The van der Waals surface area contributed by atoms with Crippen LogP contribution in [0, 0.1) is 0 Å². The van der Waals surface area contributed by atoms with E-state index in [1.165, 1.54) is 0 Å². The Kier molecular flexibility index (Phi) is 3.08. The lowest BCUT2D eigenvalue weighted by molar-refractivity contribution is -0.139. The molecule has 0 saturated heterocycles. The summed E-state index contributed by atoms with van der Waals surface area (Å²) in [5, 5.41) is 10.9. The van der Waals surface area contributed by atoms with Gasteiger partial charge in [-0.3, -0.25) is 4.79 Å². The number of nitrogens with two attached hydrogens (primary N) is 2. The molecule has 0 spiro atoms. The maximum Gasteiger partial charge on any atom is 0.322 e. The Bertz CT molecular complexity index is 549. The van der Waals surface area contributed by atoms with Crippen LogP contribution in [-0.4, -0.2) is 17.1 Å². The van der Waals surface area contributed by atoms with Crippen molar-refractivity contribution in [3.05, 3.63) is 48.0 Å². The van der Waals surface area contributed by atoms with Gasteiger partial charge in [0, 0.05) is 0 Å². The average Bonchev–Trinajstić information content (AvgIpc) is 2.36. The normalized spacial score (nSPS) is 14.5. The van der Waals surface area contributed by atoms with Gasteiger partial charge in [0.2, 0.25) is 0 Å². The van der Waals surface area contributed by atoms with Crippen LogP contribution >= 0.6 is 0 Å². The summed E-state index contributed by atoms with van der Waals surface area (Å²) < 4.78 is 0. The second-order valence-corrected chi connectivity index (χ2v) is 3.96. The number of benzene rings is 2. The number of hydrogen-bond acceptors (Lipinski definition) is 3. The van der Waals surface area contributed by atoms with Gasteiger partial charge in [-0.25, -0.2) is 0 Å². The van der Waals surface area contributed by atoms with E-state index in [0.29, 0.717) is 0 Å². The summed E-state index contributed by atoms with van der Waals surface area (Å²) in [4.78, 5) is 10.8. The van der Waals surface area contributed by atoms with Crippen LogP contribution in [0.3, 0.4) is 0 Å². The van der Waals surface area contributed by atoms with Crippen molar-refractivity contribution in [1.82, 2.24) is 0 Å². The standard InChI is InChI=1S/C13H14N2O2/c14-11(12(15)13(16)17)10-7-3-5-8-4-1-2-6-9(8)10/h1-7,11-12H,14-15H2,(H,16,17). The highest BCUT2D eigenvalue weighted by atomic mass is 16.4. The largest absolute Gasteiger partial charge is 0.480 e. The van der Waals surface area contributed by atoms with Gasteiger partial charge in [0.1, 0.15) is 6.04 Å². The third-order valence-electron chi connectivity index (χ3n) is 2.85.